The van der Waals surface area contributed by atoms with Gasteiger partial charge in [-0.05, 0) is 0 Å². The lowest BCUT2D eigenvalue weighted by atomic mass is 10.4. The van der Waals surface area contributed by atoms with E-state index in [0.717, 1.165) is 0 Å². The Morgan fingerprint density at radius 2 is 1.33 bits per heavy atom. The van der Waals surface area contributed by atoms with E-state index >= 15 is 0 Å². The first kappa shape index (κ1) is 11.1. The van der Waals surface area contributed by atoms with Gasteiger partial charge >= 0.3 is 0 Å². The van der Waals surface area contributed by atoms with Crippen molar-refractivity contribution in [3.05, 3.63) is 0 Å². The Morgan fingerprint density at radius 3 is 1.33 bits per heavy atom. The van der Waals surface area contributed by atoms with E-state index in [1.165, 1.54) is 0 Å². The Bertz CT molecular complexity index is 88.8. The molecule has 0 aromatic heterocycles. The topological polar surface area (TPSA) is 60.7 Å². The molecule has 0 saturated carbocycles. The number of rotatable bonds is 2. The van der Waals surface area contributed by atoms with Gasteiger partial charge in [0.05, 0.1) is 1.93 Å². The van der Waals surface area contributed by atoms with Crippen molar-refractivity contribution < 1.29 is 15.3 Å². The van der Waals surface area contributed by atoms with Gasteiger partial charge in [0, 0.05) is 0 Å². The minimum Gasteiger partial charge on any atom is -0.343 e. The lowest BCUT2D eigenvalue weighted by Crippen LogP contribution is -2.41. The van der Waals surface area contributed by atoms with Crippen LogP contribution >= 0.6 is 67.8 Å². The van der Waals surface area contributed by atoms with Gasteiger partial charge in [0.2, 0.25) is 0 Å². The third-order valence-electron chi connectivity index (χ3n) is 0.591. The van der Waals surface area contributed by atoms with Crippen molar-refractivity contribution >= 4 is 67.8 Å². The van der Waals surface area contributed by atoms with Crippen LogP contribution in [0.2, 0.25) is 0 Å². The highest BCUT2D eigenvalue weighted by molar-refractivity contribution is 14.2. The normalized spacial score (nSPS) is 16.3. The molecule has 0 heterocycles. The number of halogens is 3. The van der Waals surface area contributed by atoms with Crippen LogP contribution in [0, 0.1) is 0 Å². The zero-order chi connectivity index (χ0) is 7.65. The van der Waals surface area contributed by atoms with Crippen LogP contribution in [0.25, 0.3) is 0 Å². The van der Waals surface area contributed by atoms with Gasteiger partial charge in [-0.25, -0.2) is 0 Å². The Labute approximate surface area is 93.6 Å². The molecule has 0 saturated heterocycles. The summed E-state index contributed by atoms with van der Waals surface area (Å²) in [6, 6.07) is 0. The van der Waals surface area contributed by atoms with Crippen molar-refractivity contribution in [3.8, 4) is 0 Å². The highest BCUT2D eigenvalue weighted by Gasteiger charge is 2.33. The molecule has 9 heavy (non-hydrogen) atoms. The molecule has 56 valence electrons. The average molecular weight is 470 g/mol. The molecule has 0 radical (unpaired) electrons. The van der Waals surface area contributed by atoms with Crippen molar-refractivity contribution in [2.24, 2.45) is 0 Å². The quantitative estimate of drug-likeness (QED) is 0.316. The minimum absolute atomic E-state index is 0.0131. The van der Waals surface area contributed by atoms with Crippen LogP contribution in [-0.4, -0.2) is 27.1 Å². The lowest BCUT2D eigenvalue weighted by Gasteiger charge is -2.21. The summed E-state index contributed by atoms with van der Waals surface area (Å²) < 4.78 is -0.586. The maximum absolute atomic E-state index is 8.55. The monoisotopic (exact) mass is 470 g/mol. The Hall–Kier alpha value is 2.07. The van der Waals surface area contributed by atoms with Gasteiger partial charge in [-0.2, -0.15) is 0 Å². The van der Waals surface area contributed by atoms with E-state index in [2.05, 4.69) is 0 Å². The van der Waals surface area contributed by atoms with E-state index in [9.17, 15) is 0 Å². The largest absolute Gasteiger partial charge is 0.343 e. The Kier molecular flexibility index (Phi) is 5.15. The second-order valence-electron chi connectivity index (χ2n) is 1.42. The van der Waals surface area contributed by atoms with Gasteiger partial charge in [-0.15, -0.1) is 0 Å². The molecule has 0 aliphatic carbocycles. The fourth-order valence-electron chi connectivity index (χ4n) is 0.169. The fourth-order valence-corrected chi connectivity index (χ4v) is 1.13. The summed E-state index contributed by atoms with van der Waals surface area (Å²) in [7, 11) is 0. The minimum atomic E-state index is -2.55. The van der Waals surface area contributed by atoms with E-state index in [1.54, 1.807) is 22.6 Å². The number of hydrogen-bond acceptors (Lipinski definition) is 3. The summed E-state index contributed by atoms with van der Waals surface area (Å²) in [5, 5.41) is 25.7. The van der Waals surface area contributed by atoms with Crippen LogP contribution in [0.3, 0.4) is 0 Å². The summed E-state index contributed by atoms with van der Waals surface area (Å²) in [5.74, 6) is -2.55. The van der Waals surface area contributed by atoms with E-state index < -0.39 is 9.90 Å². The van der Waals surface area contributed by atoms with E-state index in [-0.39, 0.29) is 1.93 Å². The smallest absolute Gasteiger partial charge is 0.289 e. The molecule has 0 aliphatic rings. The predicted octanol–water partition coefficient (Wildman–Crippen LogP) is 0.617. The maximum Gasteiger partial charge on any atom is 0.289 e. The molecule has 3 N–H and O–H groups in total. The molecular formula is C3H5I3O3. The molecule has 0 bridgehead atoms. The fraction of sp³-hybridized carbons (Fsp3) is 1.00. The Balaban J connectivity index is 3.88. The number of alkyl halides is 3. The second kappa shape index (κ2) is 4.18. The summed E-state index contributed by atoms with van der Waals surface area (Å²) in [6.45, 7) is 0. The first-order chi connectivity index (χ1) is 3.85. The standard InChI is InChI=1S/C3H5I3O3/c4-1(2(5)6)3(7,8)9/h1-2,7-9H. The van der Waals surface area contributed by atoms with Gasteiger partial charge < -0.3 is 15.3 Å². The number of aliphatic hydroxyl groups is 3. The van der Waals surface area contributed by atoms with Crippen molar-refractivity contribution in [3.63, 3.8) is 0 Å². The first-order valence-electron chi connectivity index (χ1n) is 1.95. The van der Waals surface area contributed by atoms with Crippen molar-refractivity contribution in [1.29, 1.82) is 0 Å². The van der Waals surface area contributed by atoms with Crippen LogP contribution in [0.4, 0.5) is 0 Å². The molecule has 1 atom stereocenters. The number of hydrogen-bond donors (Lipinski definition) is 3. The summed E-state index contributed by atoms with van der Waals surface area (Å²) in [6.07, 6.45) is 0. The van der Waals surface area contributed by atoms with Crippen LogP contribution in [0.15, 0.2) is 0 Å². The van der Waals surface area contributed by atoms with Crippen LogP contribution in [0.5, 0.6) is 0 Å². The highest BCUT2D eigenvalue weighted by Crippen LogP contribution is 2.27. The summed E-state index contributed by atoms with van der Waals surface area (Å²) in [4.78, 5) is 0. The van der Waals surface area contributed by atoms with Crippen molar-refractivity contribution in [2.75, 3.05) is 0 Å². The summed E-state index contributed by atoms with van der Waals surface area (Å²) in [5.41, 5.74) is 0. The third-order valence-corrected chi connectivity index (χ3v) is 6.34. The van der Waals surface area contributed by atoms with Crippen LogP contribution in [0.1, 0.15) is 0 Å². The zero-order valence-electron chi connectivity index (χ0n) is 4.13. The van der Waals surface area contributed by atoms with Gasteiger partial charge in [0.15, 0.2) is 0 Å². The van der Waals surface area contributed by atoms with E-state index in [0.29, 0.717) is 0 Å². The van der Waals surface area contributed by atoms with Gasteiger partial charge in [0.1, 0.15) is 3.92 Å². The first-order valence-corrected chi connectivity index (χ1v) is 5.68. The van der Waals surface area contributed by atoms with Crippen LogP contribution in [-0.2, 0) is 0 Å². The average Bonchev–Trinajstić information content (AvgIpc) is 1.62. The highest BCUT2D eigenvalue weighted by atomic mass is 127. The lowest BCUT2D eigenvalue weighted by molar-refractivity contribution is -0.304. The third kappa shape index (κ3) is 4.50. The summed E-state index contributed by atoms with van der Waals surface area (Å²) >= 11 is 5.76. The molecular weight excluding hydrogens is 465 g/mol. The Morgan fingerprint density at radius 1 is 1.00 bits per heavy atom. The van der Waals surface area contributed by atoms with E-state index in [4.69, 9.17) is 15.3 Å². The van der Waals surface area contributed by atoms with Crippen molar-refractivity contribution in [2.45, 2.75) is 11.8 Å². The van der Waals surface area contributed by atoms with Gasteiger partial charge in [0.25, 0.3) is 5.97 Å². The molecule has 1 unspecified atom stereocenters. The van der Waals surface area contributed by atoms with Gasteiger partial charge in [-0.1, -0.05) is 67.8 Å². The molecule has 0 rings (SSSR count). The zero-order valence-corrected chi connectivity index (χ0v) is 10.6. The predicted molar refractivity (Wildman–Crippen MR) is 59.0 cm³/mol. The van der Waals surface area contributed by atoms with Crippen molar-refractivity contribution in [1.82, 2.24) is 0 Å². The van der Waals surface area contributed by atoms with E-state index in [1.807, 2.05) is 45.2 Å². The molecule has 0 spiro atoms. The molecule has 0 amide bonds. The molecule has 0 aliphatic heterocycles. The molecule has 0 aromatic rings. The molecule has 3 nitrogen and oxygen atoms in total. The maximum atomic E-state index is 8.55. The SMILES string of the molecule is OC(O)(O)C(I)C(I)I. The van der Waals surface area contributed by atoms with Gasteiger partial charge in [-0.3, -0.25) is 0 Å². The second-order valence-corrected chi connectivity index (χ2v) is 7.83. The molecule has 6 heteroatoms. The van der Waals surface area contributed by atoms with Crippen LogP contribution < -0.4 is 0 Å². The molecule has 0 aromatic carbocycles. The molecule has 0 fully saturated rings.